The summed E-state index contributed by atoms with van der Waals surface area (Å²) in [6.07, 6.45) is 2.77. The molecule has 1 N–H and O–H groups in total. The maximum Gasteiger partial charge on any atom is 0.157 e. The predicted octanol–water partition coefficient (Wildman–Crippen LogP) is 5.30. The van der Waals surface area contributed by atoms with Crippen molar-refractivity contribution in [1.82, 2.24) is 0 Å². The summed E-state index contributed by atoms with van der Waals surface area (Å²) in [4.78, 5) is 0. The van der Waals surface area contributed by atoms with E-state index in [1.807, 2.05) is 18.2 Å². The zero-order chi connectivity index (χ0) is 18.0. The highest BCUT2D eigenvalue weighted by Crippen LogP contribution is 2.41. The molecule has 1 aliphatic rings. The molecule has 0 saturated heterocycles. The Morgan fingerprint density at radius 3 is 2.40 bits per heavy atom. The van der Waals surface area contributed by atoms with Crippen LogP contribution in [0.2, 0.25) is 5.02 Å². The van der Waals surface area contributed by atoms with Crippen molar-refractivity contribution in [1.29, 1.82) is 0 Å². The van der Waals surface area contributed by atoms with Crippen LogP contribution in [0.5, 0.6) is 5.75 Å². The number of halogens is 2. The van der Waals surface area contributed by atoms with Gasteiger partial charge in [0.2, 0.25) is 0 Å². The molecular formula is C19H18ClFO3S. The van der Waals surface area contributed by atoms with Gasteiger partial charge in [0.1, 0.15) is 11.6 Å². The lowest BCUT2D eigenvalue weighted by Crippen LogP contribution is -1.98. The molecule has 1 unspecified atom stereocenters. The molecule has 0 fully saturated rings. The van der Waals surface area contributed by atoms with E-state index in [0.717, 1.165) is 41.5 Å². The van der Waals surface area contributed by atoms with E-state index in [4.69, 9.17) is 20.9 Å². The maximum absolute atomic E-state index is 14.3. The van der Waals surface area contributed by atoms with Gasteiger partial charge in [-0.1, -0.05) is 29.8 Å². The summed E-state index contributed by atoms with van der Waals surface area (Å²) in [7, 11) is 1.58. The largest absolute Gasteiger partial charge is 0.495 e. The summed E-state index contributed by atoms with van der Waals surface area (Å²) in [6.45, 7) is 0. The van der Waals surface area contributed by atoms with Gasteiger partial charge in [0.05, 0.1) is 17.9 Å². The van der Waals surface area contributed by atoms with Crippen molar-refractivity contribution in [3.8, 4) is 5.75 Å². The number of ether oxygens (including phenoxy) is 1. The summed E-state index contributed by atoms with van der Waals surface area (Å²) in [6, 6.07) is 10.5. The highest BCUT2D eigenvalue weighted by Gasteiger charge is 2.20. The molecule has 25 heavy (non-hydrogen) atoms. The van der Waals surface area contributed by atoms with Crippen molar-refractivity contribution in [2.75, 3.05) is 7.11 Å². The monoisotopic (exact) mass is 380 g/mol. The third-order valence-corrected chi connectivity index (χ3v) is 5.27. The second kappa shape index (κ2) is 7.68. The Bertz CT molecular complexity index is 864. The molecule has 0 heterocycles. The highest BCUT2D eigenvalue weighted by molar-refractivity contribution is 7.78. The van der Waals surface area contributed by atoms with Gasteiger partial charge >= 0.3 is 0 Å². The van der Waals surface area contributed by atoms with E-state index in [-0.39, 0.29) is 11.3 Å². The van der Waals surface area contributed by atoms with Gasteiger partial charge in [0, 0.05) is 5.56 Å². The second-order valence-corrected chi connectivity index (χ2v) is 7.27. The van der Waals surface area contributed by atoms with E-state index >= 15 is 0 Å². The minimum atomic E-state index is -2.06. The molecule has 3 nitrogen and oxygen atoms in total. The Labute approximate surface area is 153 Å². The van der Waals surface area contributed by atoms with Crippen LogP contribution in [0.15, 0.2) is 36.4 Å². The van der Waals surface area contributed by atoms with E-state index in [1.165, 1.54) is 6.07 Å². The summed E-state index contributed by atoms with van der Waals surface area (Å²) in [5.41, 5.74) is 4.34. The molecule has 0 radical (unpaired) electrons. The fourth-order valence-electron chi connectivity index (χ4n) is 3.21. The van der Waals surface area contributed by atoms with E-state index in [0.29, 0.717) is 10.8 Å². The highest BCUT2D eigenvalue weighted by atomic mass is 35.5. The third-order valence-electron chi connectivity index (χ3n) is 4.40. The van der Waals surface area contributed by atoms with Crippen LogP contribution in [0.25, 0.3) is 11.1 Å². The van der Waals surface area contributed by atoms with Crippen molar-refractivity contribution in [2.45, 2.75) is 25.0 Å². The van der Waals surface area contributed by atoms with Crippen LogP contribution in [-0.2, 0) is 16.8 Å². The average Bonchev–Trinajstić information content (AvgIpc) is 3.06. The van der Waals surface area contributed by atoms with Gasteiger partial charge in [-0.05, 0) is 59.7 Å². The lowest BCUT2D eigenvalue weighted by Gasteiger charge is -2.12. The summed E-state index contributed by atoms with van der Waals surface area (Å²) < 4.78 is 39.4. The van der Waals surface area contributed by atoms with Crippen molar-refractivity contribution < 1.29 is 17.9 Å². The average molecular weight is 381 g/mol. The standard InChI is InChI=1S/C19H18ClFO3S/c1-24-19-10-13(7-8-17(19)20)16-4-2-3-15(16)12-5-6-14(11-25(22)23)18(21)9-12/h5-10H,2-4,11H2,1H3,(H,22,23). The maximum atomic E-state index is 14.3. The van der Waals surface area contributed by atoms with Gasteiger partial charge in [-0.15, -0.1) is 0 Å². The van der Waals surface area contributed by atoms with Crippen molar-refractivity contribution in [3.05, 3.63) is 63.9 Å². The van der Waals surface area contributed by atoms with Gasteiger partial charge in [-0.25, -0.2) is 8.60 Å². The molecule has 0 spiro atoms. The predicted molar refractivity (Wildman–Crippen MR) is 99.5 cm³/mol. The van der Waals surface area contributed by atoms with Crippen molar-refractivity contribution >= 4 is 33.8 Å². The second-order valence-electron chi connectivity index (χ2n) is 5.93. The van der Waals surface area contributed by atoms with E-state index < -0.39 is 16.9 Å². The van der Waals surface area contributed by atoms with E-state index in [2.05, 4.69) is 0 Å². The minimum absolute atomic E-state index is 0.202. The normalized spacial score (nSPS) is 15.5. The summed E-state index contributed by atoms with van der Waals surface area (Å²) >= 11 is 4.04. The molecule has 0 bridgehead atoms. The molecule has 1 atom stereocenters. The summed E-state index contributed by atoms with van der Waals surface area (Å²) in [5.74, 6) is -0.0379. The van der Waals surface area contributed by atoms with E-state index in [1.54, 1.807) is 19.2 Å². The molecule has 6 heteroatoms. The van der Waals surface area contributed by atoms with Crippen LogP contribution in [0.3, 0.4) is 0 Å². The Morgan fingerprint density at radius 2 is 1.80 bits per heavy atom. The Morgan fingerprint density at radius 1 is 1.16 bits per heavy atom. The van der Waals surface area contributed by atoms with Gasteiger partial charge in [-0.3, -0.25) is 0 Å². The lowest BCUT2D eigenvalue weighted by molar-refractivity contribution is 0.415. The summed E-state index contributed by atoms with van der Waals surface area (Å²) in [5, 5.41) is 0.554. The molecule has 0 amide bonds. The first-order valence-electron chi connectivity index (χ1n) is 7.91. The first-order valence-corrected chi connectivity index (χ1v) is 9.57. The van der Waals surface area contributed by atoms with Crippen LogP contribution < -0.4 is 4.74 Å². The number of hydrogen-bond donors (Lipinski definition) is 1. The number of allylic oxidation sites excluding steroid dienone is 2. The molecule has 2 aromatic rings. The molecule has 132 valence electrons. The fraction of sp³-hybridized carbons (Fsp3) is 0.263. The Kier molecular flexibility index (Phi) is 5.57. The van der Waals surface area contributed by atoms with Gasteiger partial charge in [-0.2, -0.15) is 0 Å². The van der Waals surface area contributed by atoms with Crippen molar-refractivity contribution in [3.63, 3.8) is 0 Å². The zero-order valence-corrected chi connectivity index (χ0v) is 15.3. The van der Waals surface area contributed by atoms with Crippen LogP contribution in [0, 0.1) is 5.82 Å². The first-order chi connectivity index (χ1) is 12.0. The van der Waals surface area contributed by atoms with Gasteiger partial charge < -0.3 is 9.29 Å². The Balaban J connectivity index is 2.01. The van der Waals surface area contributed by atoms with Crippen LogP contribution in [0.1, 0.15) is 36.0 Å². The number of benzene rings is 2. The van der Waals surface area contributed by atoms with Crippen LogP contribution in [0.4, 0.5) is 4.39 Å². The minimum Gasteiger partial charge on any atom is -0.495 e. The van der Waals surface area contributed by atoms with Crippen molar-refractivity contribution in [2.24, 2.45) is 0 Å². The molecule has 2 aromatic carbocycles. The number of methoxy groups -OCH3 is 1. The van der Waals surface area contributed by atoms with Gasteiger partial charge in [0.25, 0.3) is 0 Å². The third kappa shape index (κ3) is 3.94. The SMILES string of the molecule is COc1cc(C2=C(c3ccc(CS(=O)O)c(F)c3)CCC2)ccc1Cl. The van der Waals surface area contributed by atoms with Crippen LogP contribution in [-0.4, -0.2) is 15.9 Å². The van der Waals surface area contributed by atoms with E-state index in [9.17, 15) is 8.60 Å². The molecule has 3 rings (SSSR count). The molecular weight excluding hydrogens is 363 g/mol. The molecule has 0 aliphatic heterocycles. The smallest absolute Gasteiger partial charge is 0.157 e. The zero-order valence-electron chi connectivity index (χ0n) is 13.7. The Hall–Kier alpha value is -1.69. The first kappa shape index (κ1) is 18.1. The quantitative estimate of drug-likeness (QED) is 0.715. The number of hydrogen-bond acceptors (Lipinski definition) is 2. The lowest BCUT2D eigenvalue weighted by atomic mass is 9.96. The fourth-order valence-corrected chi connectivity index (χ4v) is 3.91. The molecule has 0 saturated carbocycles. The van der Waals surface area contributed by atoms with Crippen LogP contribution >= 0.6 is 11.6 Å². The topological polar surface area (TPSA) is 46.5 Å². The molecule has 1 aliphatic carbocycles. The number of rotatable bonds is 5. The van der Waals surface area contributed by atoms with Gasteiger partial charge in [0.15, 0.2) is 11.1 Å². The molecule has 0 aromatic heterocycles.